The molecule has 1 aromatic rings. The topological polar surface area (TPSA) is 44.1 Å². The molecule has 16 heavy (non-hydrogen) atoms. The Labute approximate surface area is 99.5 Å². The van der Waals surface area contributed by atoms with Crippen molar-refractivity contribution in [3.05, 3.63) is 17.4 Å². The van der Waals surface area contributed by atoms with Gasteiger partial charge in [-0.05, 0) is 19.3 Å². The van der Waals surface area contributed by atoms with Gasteiger partial charge in [-0.1, -0.05) is 24.9 Å². The van der Waals surface area contributed by atoms with Gasteiger partial charge in [-0.15, -0.1) is 0 Å². The van der Waals surface area contributed by atoms with Crippen molar-refractivity contribution in [1.82, 2.24) is 9.78 Å². The summed E-state index contributed by atoms with van der Waals surface area (Å²) < 4.78 is 6.86. The molecule has 1 aliphatic carbocycles. The molecule has 1 aliphatic rings. The number of ether oxygens (including phenoxy) is 1. The van der Waals surface area contributed by atoms with Gasteiger partial charge in [0.25, 0.3) is 0 Å². The van der Waals surface area contributed by atoms with Gasteiger partial charge in [-0.2, -0.15) is 5.10 Å². The van der Waals surface area contributed by atoms with E-state index in [0.29, 0.717) is 11.6 Å². The molecule has 1 heterocycles. The van der Waals surface area contributed by atoms with E-state index in [-0.39, 0.29) is 5.97 Å². The van der Waals surface area contributed by atoms with Gasteiger partial charge in [0.15, 0.2) is 5.54 Å². The van der Waals surface area contributed by atoms with Gasteiger partial charge in [0, 0.05) is 6.20 Å². The van der Waals surface area contributed by atoms with Gasteiger partial charge < -0.3 is 4.74 Å². The fourth-order valence-corrected chi connectivity index (χ4v) is 1.76. The molecule has 4 nitrogen and oxygen atoms in total. The zero-order chi connectivity index (χ0) is 11.6. The molecule has 1 saturated carbocycles. The molecule has 0 unspecified atom stereocenters. The van der Waals surface area contributed by atoms with Gasteiger partial charge in [0.05, 0.1) is 17.8 Å². The lowest BCUT2D eigenvalue weighted by Gasteiger charge is -2.14. The number of carbonyl (C=O) groups excluding carboxylic acids is 1. The number of aromatic nitrogens is 2. The largest absolute Gasteiger partial charge is 0.464 e. The van der Waals surface area contributed by atoms with Crippen LogP contribution in [0.2, 0.25) is 5.02 Å². The Bertz CT molecular complexity index is 385. The van der Waals surface area contributed by atoms with Crippen molar-refractivity contribution in [2.45, 2.75) is 38.1 Å². The summed E-state index contributed by atoms with van der Waals surface area (Å²) in [6.07, 6.45) is 6.72. The lowest BCUT2D eigenvalue weighted by Crippen LogP contribution is -2.30. The molecular formula is C11H15ClN2O2. The molecule has 0 aromatic carbocycles. The lowest BCUT2D eigenvalue weighted by molar-refractivity contribution is -0.149. The first-order chi connectivity index (χ1) is 7.69. The number of halogens is 1. The van der Waals surface area contributed by atoms with Crippen LogP contribution in [0.1, 0.15) is 32.6 Å². The summed E-state index contributed by atoms with van der Waals surface area (Å²) in [4.78, 5) is 11.9. The lowest BCUT2D eigenvalue weighted by atomic mass is 10.3. The fraction of sp³-hybridized carbons (Fsp3) is 0.636. The summed E-state index contributed by atoms with van der Waals surface area (Å²) in [5, 5.41) is 4.63. The summed E-state index contributed by atoms with van der Waals surface area (Å²) in [7, 11) is 0. The minimum atomic E-state index is -0.569. The van der Waals surface area contributed by atoms with Crippen LogP contribution in [0, 0.1) is 0 Å². The van der Waals surface area contributed by atoms with Crippen LogP contribution in [0.3, 0.4) is 0 Å². The Morgan fingerprint density at radius 1 is 1.69 bits per heavy atom. The Balaban J connectivity index is 2.00. The monoisotopic (exact) mass is 242 g/mol. The number of nitrogens with zero attached hydrogens (tertiary/aromatic N) is 2. The van der Waals surface area contributed by atoms with Crippen molar-refractivity contribution in [3.8, 4) is 0 Å². The predicted molar refractivity (Wildman–Crippen MR) is 60.3 cm³/mol. The summed E-state index contributed by atoms with van der Waals surface area (Å²) >= 11 is 5.79. The molecule has 0 N–H and O–H groups in total. The molecular weight excluding hydrogens is 228 g/mol. The molecule has 0 saturated heterocycles. The standard InChI is InChI=1S/C11H15ClN2O2/c1-2-3-6-16-10(15)11(4-5-11)14-8-9(12)7-13-14/h7-8H,2-6H2,1H3. The Hall–Kier alpha value is -1.03. The van der Waals surface area contributed by atoms with Crippen LogP contribution in [0.5, 0.6) is 0 Å². The summed E-state index contributed by atoms with van der Waals surface area (Å²) in [5.74, 6) is -0.180. The SMILES string of the molecule is CCCCOC(=O)C1(n2cc(Cl)cn2)CC1. The maximum atomic E-state index is 11.9. The van der Waals surface area contributed by atoms with Gasteiger partial charge in [0.1, 0.15) is 0 Å². The highest BCUT2D eigenvalue weighted by molar-refractivity contribution is 6.30. The average molecular weight is 243 g/mol. The third kappa shape index (κ3) is 2.07. The normalized spacial score (nSPS) is 17.1. The molecule has 0 bridgehead atoms. The molecule has 0 atom stereocenters. The maximum Gasteiger partial charge on any atom is 0.334 e. The zero-order valence-corrected chi connectivity index (χ0v) is 10.0. The van der Waals surface area contributed by atoms with E-state index in [1.165, 1.54) is 0 Å². The van der Waals surface area contributed by atoms with E-state index in [0.717, 1.165) is 25.7 Å². The highest BCUT2D eigenvalue weighted by Crippen LogP contribution is 2.44. The Kier molecular flexibility index (Phi) is 3.19. The second kappa shape index (κ2) is 4.45. The Morgan fingerprint density at radius 3 is 2.94 bits per heavy atom. The quantitative estimate of drug-likeness (QED) is 0.588. The first kappa shape index (κ1) is 11.5. The smallest absolute Gasteiger partial charge is 0.334 e. The number of unbranched alkanes of at least 4 members (excludes halogenated alkanes) is 1. The minimum Gasteiger partial charge on any atom is -0.464 e. The van der Waals surface area contributed by atoms with Crippen LogP contribution >= 0.6 is 11.6 Å². The van der Waals surface area contributed by atoms with Gasteiger partial charge >= 0.3 is 5.97 Å². The van der Waals surface area contributed by atoms with Crippen molar-refractivity contribution in [1.29, 1.82) is 0 Å². The second-order valence-corrected chi connectivity index (χ2v) is 4.56. The first-order valence-corrected chi connectivity index (χ1v) is 5.95. The van der Waals surface area contributed by atoms with Crippen molar-refractivity contribution < 1.29 is 9.53 Å². The third-order valence-corrected chi connectivity index (χ3v) is 3.02. The first-order valence-electron chi connectivity index (χ1n) is 5.57. The van der Waals surface area contributed by atoms with Crippen LogP contribution in [-0.4, -0.2) is 22.4 Å². The van der Waals surface area contributed by atoms with Crippen molar-refractivity contribution in [2.75, 3.05) is 6.61 Å². The fourth-order valence-electron chi connectivity index (χ4n) is 1.62. The van der Waals surface area contributed by atoms with Crippen LogP contribution in [0.25, 0.3) is 0 Å². The van der Waals surface area contributed by atoms with Crippen molar-refractivity contribution in [3.63, 3.8) is 0 Å². The van der Waals surface area contributed by atoms with E-state index in [1.54, 1.807) is 17.1 Å². The number of hydrogen-bond donors (Lipinski definition) is 0. The molecule has 5 heteroatoms. The van der Waals surface area contributed by atoms with Crippen LogP contribution < -0.4 is 0 Å². The summed E-state index contributed by atoms with van der Waals surface area (Å²) in [6.45, 7) is 2.56. The van der Waals surface area contributed by atoms with E-state index in [1.807, 2.05) is 0 Å². The number of hydrogen-bond acceptors (Lipinski definition) is 3. The molecule has 0 spiro atoms. The van der Waals surface area contributed by atoms with E-state index in [9.17, 15) is 4.79 Å². The molecule has 0 aliphatic heterocycles. The van der Waals surface area contributed by atoms with E-state index in [2.05, 4.69) is 12.0 Å². The molecule has 1 aromatic heterocycles. The Morgan fingerprint density at radius 2 is 2.44 bits per heavy atom. The summed E-state index contributed by atoms with van der Waals surface area (Å²) in [6, 6.07) is 0. The number of rotatable bonds is 5. The molecule has 0 radical (unpaired) electrons. The molecule has 0 amide bonds. The average Bonchev–Trinajstić information content (AvgIpc) is 2.97. The highest BCUT2D eigenvalue weighted by atomic mass is 35.5. The van der Waals surface area contributed by atoms with Gasteiger partial charge in [-0.3, -0.25) is 4.68 Å². The maximum absolute atomic E-state index is 11.9. The zero-order valence-electron chi connectivity index (χ0n) is 9.28. The summed E-state index contributed by atoms with van der Waals surface area (Å²) in [5.41, 5.74) is -0.569. The van der Waals surface area contributed by atoms with Gasteiger partial charge in [0.2, 0.25) is 0 Å². The van der Waals surface area contributed by atoms with Crippen LogP contribution in [0.15, 0.2) is 12.4 Å². The van der Waals surface area contributed by atoms with Crippen molar-refractivity contribution >= 4 is 17.6 Å². The van der Waals surface area contributed by atoms with E-state index < -0.39 is 5.54 Å². The highest BCUT2D eigenvalue weighted by Gasteiger charge is 2.54. The second-order valence-electron chi connectivity index (χ2n) is 4.12. The van der Waals surface area contributed by atoms with E-state index >= 15 is 0 Å². The van der Waals surface area contributed by atoms with Crippen LogP contribution in [0.4, 0.5) is 0 Å². The molecule has 88 valence electrons. The third-order valence-electron chi connectivity index (χ3n) is 2.82. The van der Waals surface area contributed by atoms with Crippen LogP contribution in [-0.2, 0) is 15.1 Å². The predicted octanol–water partition coefficient (Wildman–Crippen LogP) is 2.37. The number of esters is 1. The minimum absolute atomic E-state index is 0.180. The molecule has 2 rings (SSSR count). The van der Waals surface area contributed by atoms with Crippen molar-refractivity contribution in [2.24, 2.45) is 0 Å². The van der Waals surface area contributed by atoms with E-state index in [4.69, 9.17) is 16.3 Å². The van der Waals surface area contributed by atoms with Gasteiger partial charge in [-0.25, -0.2) is 4.79 Å². The number of carbonyl (C=O) groups is 1. The molecule has 1 fully saturated rings.